The molecule has 0 aliphatic carbocycles. The van der Waals surface area contributed by atoms with E-state index >= 15 is 0 Å². The number of nitrogens with zero attached hydrogens (tertiary/aromatic N) is 1. The molecule has 5 nitrogen and oxygen atoms in total. The highest BCUT2D eigenvalue weighted by molar-refractivity contribution is 6.08. The molecule has 0 bridgehead atoms. The molecule has 0 radical (unpaired) electrons. The van der Waals surface area contributed by atoms with Gasteiger partial charge in [-0.2, -0.15) is 0 Å². The number of hydrogen-bond donors (Lipinski definition) is 2. The summed E-state index contributed by atoms with van der Waals surface area (Å²) in [5.74, 6) is -0.141. The molecule has 2 aromatic rings. The number of carbonyl (C=O) groups excluding carboxylic acids is 2. The highest BCUT2D eigenvalue weighted by atomic mass is 16.3. The maximum absolute atomic E-state index is 13.4. The smallest absolute Gasteiger partial charge is 0.237 e. The number of aliphatic hydroxyl groups is 1. The van der Waals surface area contributed by atoms with E-state index < -0.39 is 11.0 Å². The Labute approximate surface area is 166 Å². The van der Waals surface area contributed by atoms with Crippen molar-refractivity contribution in [1.29, 1.82) is 0 Å². The van der Waals surface area contributed by atoms with Crippen molar-refractivity contribution in [2.75, 3.05) is 18.6 Å². The van der Waals surface area contributed by atoms with E-state index in [-0.39, 0.29) is 24.8 Å². The third-order valence-corrected chi connectivity index (χ3v) is 5.50. The lowest BCUT2D eigenvalue weighted by Gasteiger charge is -2.30. The van der Waals surface area contributed by atoms with Crippen LogP contribution in [-0.4, -0.2) is 36.1 Å². The van der Waals surface area contributed by atoms with E-state index in [1.165, 1.54) is 0 Å². The molecule has 2 N–H and O–H groups in total. The van der Waals surface area contributed by atoms with E-state index in [2.05, 4.69) is 5.32 Å². The van der Waals surface area contributed by atoms with E-state index in [0.717, 1.165) is 16.8 Å². The van der Waals surface area contributed by atoms with Crippen molar-refractivity contribution in [3.8, 4) is 0 Å². The van der Waals surface area contributed by atoms with Crippen molar-refractivity contribution in [3.63, 3.8) is 0 Å². The van der Waals surface area contributed by atoms with E-state index in [0.29, 0.717) is 12.8 Å². The van der Waals surface area contributed by atoms with Crippen LogP contribution in [0.2, 0.25) is 0 Å². The van der Waals surface area contributed by atoms with Gasteiger partial charge in [0.05, 0.1) is 17.6 Å². The van der Waals surface area contributed by atoms with Crippen LogP contribution >= 0.6 is 0 Å². The first-order valence-electron chi connectivity index (χ1n) is 9.62. The third-order valence-electron chi connectivity index (χ3n) is 5.50. The second kappa shape index (κ2) is 7.76. The van der Waals surface area contributed by atoms with Crippen LogP contribution in [0, 0.1) is 0 Å². The number of aliphatic hydroxyl groups excluding tert-OH is 1. The Bertz CT molecular complexity index is 863. The minimum absolute atomic E-state index is 0.0202. The second-order valence-electron chi connectivity index (χ2n) is 8.22. The molecule has 0 spiro atoms. The first-order chi connectivity index (χ1) is 13.3. The molecule has 0 aromatic heterocycles. The number of fused-ring (bicyclic) bond motifs is 1. The molecule has 0 fully saturated rings. The predicted octanol–water partition coefficient (Wildman–Crippen LogP) is 2.81. The zero-order valence-electron chi connectivity index (χ0n) is 16.7. The number of benzene rings is 2. The van der Waals surface area contributed by atoms with Crippen LogP contribution in [0.3, 0.4) is 0 Å². The van der Waals surface area contributed by atoms with Crippen molar-refractivity contribution in [2.45, 2.75) is 44.1 Å². The summed E-state index contributed by atoms with van der Waals surface area (Å²) in [6.45, 7) is 3.40. The molecule has 1 aliphatic heterocycles. The van der Waals surface area contributed by atoms with Gasteiger partial charge in [-0.25, -0.2) is 0 Å². The lowest BCUT2D eigenvalue weighted by molar-refractivity contribution is -0.125. The standard InChI is InChI=1S/C23H28N2O3/c1-22(2,16-26)24-20(27)13-14-23(15-17-9-5-4-6-10-17)18-11-7-8-12-19(18)25(3)21(23)28/h4-12,26H,13-16H2,1-3H3,(H,24,27)/t23-/m1/s1. The molecule has 3 rings (SSSR count). The van der Waals surface area contributed by atoms with Gasteiger partial charge in [-0.3, -0.25) is 9.59 Å². The van der Waals surface area contributed by atoms with Crippen molar-refractivity contribution >= 4 is 17.5 Å². The number of anilines is 1. The zero-order valence-corrected chi connectivity index (χ0v) is 16.7. The van der Waals surface area contributed by atoms with Crippen LogP contribution in [-0.2, 0) is 21.4 Å². The topological polar surface area (TPSA) is 69.6 Å². The molecule has 0 unspecified atom stereocenters. The van der Waals surface area contributed by atoms with Gasteiger partial charge in [0.2, 0.25) is 11.8 Å². The molecular weight excluding hydrogens is 352 g/mol. The normalized spacial score (nSPS) is 18.9. The Morgan fingerprint density at radius 1 is 1.11 bits per heavy atom. The Kier molecular flexibility index (Phi) is 5.57. The van der Waals surface area contributed by atoms with Gasteiger partial charge in [0.1, 0.15) is 0 Å². The van der Waals surface area contributed by atoms with Crippen LogP contribution < -0.4 is 10.2 Å². The number of carbonyl (C=O) groups is 2. The molecule has 2 aromatic carbocycles. The highest BCUT2D eigenvalue weighted by Gasteiger charge is 2.49. The van der Waals surface area contributed by atoms with E-state index in [1.54, 1.807) is 25.8 Å². The number of hydrogen-bond acceptors (Lipinski definition) is 3. The average molecular weight is 380 g/mol. The van der Waals surface area contributed by atoms with Crippen molar-refractivity contribution in [2.24, 2.45) is 0 Å². The summed E-state index contributed by atoms with van der Waals surface area (Å²) in [6, 6.07) is 17.7. The van der Waals surface area contributed by atoms with Gasteiger partial charge in [-0.05, 0) is 43.9 Å². The molecule has 1 atom stereocenters. The number of likely N-dealkylation sites (N-methyl/N-ethyl adjacent to an activating group) is 1. The van der Waals surface area contributed by atoms with Gasteiger partial charge in [-0.15, -0.1) is 0 Å². The zero-order chi connectivity index (χ0) is 20.4. The number of nitrogens with one attached hydrogen (secondary N) is 1. The molecule has 28 heavy (non-hydrogen) atoms. The molecule has 0 saturated heterocycles. The molecule has 0 saturated carbocycles. The molecule has 5 heteroatoms. The van der Waals surface area contributed by atoms with Crippen LogP contribution in [0.5, 0.6) is 0 Å². The Morgan fingerprint density at radius 3 is 2.43 bits per heavy atom. The summed E-state index contributed by atoms with van der Waals surface area (Å²) in [4.78, 5) is 27.6. The highest BCUT2D eigenvalue weighted by Crippen LogP contribution is 2.46. The van der Waals surface area contributed by atoms with Gasteiger partial charge in [-0.1, -0.05) is 48.5 Å². The molecular formula is C23H28N2O3. The third kappa shape index (κ3) is 3.80. The van der Waals surface area contributed by atoms with E-state index in [1.807, 2.05) is 54.6 Å². The molecule has 2 amide bonds. The van der Waals surface area contributed by atoms with Crippen molar-refractivity contribution < 1.29 is 14.7 Å². The van der Waals surface area contributed by atoms with Gasteiger partial charge in [0.15, 0.2) is 0 Å². The maximum atomic E-state index is 13.4. The summed E-state index contributed by atoms with van der Waals surface area (Å²) >= 11 is 0. The largest absolute Gasteiger partial charge is 0.394 e. The lowest BCUT2D eigenvalue weighted by atomic mass is 9.73. The Hall–Kier alpha value is -2.66. The first kappa shape index (κ1) is 20.1. The summed E-state index contributed by atoms with van der Waals surface area (Å²) in [5, 5.41) is 12.2. The average Bonchev–Trinajstić information content (AvgIpc) is 2.90. The fraction of sp³-hybridized carbons (Fsp3) is 0.391. The molecule has 1 heterocycles. The number of rotatable bonds is 7. The minimum Gasteiger partial charge on any atom is -0.394 e. The summed E-state index contributed by atoms with van der Waals surface area (Å²) in [5.41, 5.74) is 1.49. The Balaban J connectivity index is 1.93. The minimum atomic E-state index is -0.770. The van der Waals surface area contributed by atoms with Gasteiger partial charge >= 0.3 is 0 Å². The van der Waals surface area contributed by atoms with E-state index in [4.69, 9.17) is 0 Å². The van der Waals surface area contributed by atoms with Crippen LogP contribution in [0.1, 0.15) is 37.8 Å². The number of para-hydroxylation sites is 1. The van der Waals surface area contributed by atoms with Crippen LogP contribution in [0.4, 0.5) is 5.69 Å². The molecule has 1 aliphatic rings. The predicted molar refractivity (Wildman–Crippen MR) is 110 cm³/mol. The maximum Gasteiger partial charge on any atom is 0.237 e. The SMILES string of the molecule is CN1C(=O)[C@](CCC(=O)NC(C)(C)CO)(Cc2ccccc2)c2ccccc21. The molecule has 148 valence electrons. The van der Waals surface area contributed by atoms with Crippen LogP contribution in [0.15, 0.2) is 54.6 Å². The summed E-state index contributed by atoms with van der Waals surface area (Å²) in [6.07, 6.45) is 1.17. The fourth-order valence-corrected chi connectivity index (χ4v) is 3.97. The van der Waals surface area contributed by atoms with Gasteiger partial charge in [0, 0.05) is 19.2 Å². The Morgan fingerprint density at radius 2 is 1.75 bits per heavy atom. The van der Waals surface area contributed by atoms with Crippen molar-refractivity contribution in [1.82, 2.24) is 5.32 Å². The quantitative estimate of drug-likeness (QED) is 0.776. The fourth-order valence-electron chi connectivity index (χ4n) is 3.97. The first-order valence-corrected chi connectivity index (χ1v) is 9.62. The lowest BCUT2D eigenvalue weighted by Crippen LogP contribution is -2.47. The second-order valence-corrected chi connectivity index (χ2v) is 8.22. The van der Waals surface area contributed by atoms with E-state index in [9.17, 15) is 14.7 Å². The summed E-state index contributed by atoms with van der Waals surface area (Å²) < 4.78 is 0. The summed E-state index contributed by atoms with van der Waals surface area (Å²) in [7, 11) is 1.79. The van der Waals surface area contributed by atoms with Crippen LogP contribution in [0.25, 0.3) is 0 Å². The van der Waals surface area contributed by atoms with Crippen molar-refractivity contribution in [3.05, 3.63) is 65.7 Å². The van der Waals surface area contributed by atoms with Gasteiger partial charge in [0.25, 0.3) is 0 Å². The monoisotopic (exact) mass is 380 g/mol. The number of amides is 2. The van der Waals surface area contributed by atoms with Gasteiger partial charge < -0.3 is 15.3 Å².